The minimum Gasteiger partial charge on any atom is -0.379 e. The molecular weight excluding hydrogens is 307 g/mol. The summed E-state index contributed by atoms with van der Waals surface area (Å²) in [6, 6.07) is 12.3. The lowest BCUT2D eigenvalue weighted by atomic mass is 10.0. The molecule has 1 aliphatic rings. The Morgan fingerprint density at radius 2 is 2.12 bits per heavy atom. The molecule has 24 heavy (non-hydrogen) atoms. The number of benzene rings is 1. The summed E-state index contributed by atoms with van der Waals surface area (Å²) >= 11 is 0. The number of halogens is 1. The van der Waals surface area contributed by atoms with E-state index in [1.165, 1.54) is 12.3 Å². The minimum absolute atomic E-state index is 0.0297. The molecule has 1 saturated heterocycles. The monoisotopic (exact) mass is 326 g/mol. The van der Waals surface area contributed by atoms with Gasteiger partial charge in [0.1, 0.15) is 17.7 Å². The Morgan fingerprint density at radius 3 is 2.79 bits per heavy atom. The number of nitrogens with one attached hydrogen (secondary N) is 1. The maximum absolute atomic E-state index is 13.6. The van der Waals surface area contributed by atoms with Crippen molar-refractivity contribution < 1.29 is 9.13 Å². The van der Waals surface area contributed by atoms with Gasteiger partial charge in [0, 0.05) is 25.8 Å². The first kappa shape index (κ1) is 16.4. The molecule has 1 aromatic carbocycles. The number of nitriles is 1. The third-order valence-corrected chi connectivity index (χ3v) is 4.09. The molecule has 1 fully saturated rings. The van der Waals surface area contributed by atoms with Gasteiger partial charge in [-0.1, -0.05) is 12.1 Å². The van der Waals surface area contributed by atoms with Crippen molar-refractivity contribution >= 4 is 5.82 Å². The number of hydrogen-bond donors (Lipinski definition) is 1. The van der Waals surface area contributed by atoms with Crippen LogP contribution in [0.25, 0.3) is 0 Å². The van der Waals surface area contributed by atoms with Gasteiger partial charge in [-0.2, -0.15) is 5.26 Å². The average Bonchev–Trinajstić information content (AvgIpc) is 2.63. The third kappa shape index (κ3) is 4.07. The Morgan fingerprint density at radius 1 is 1.29 bits per heavy atom. The Bertz CT molecular complexity index is 708. The fraction of sp³-hybridized carbons (Fsp3) is 0.333. The minimum atomic E-state index is -0.234. The van der Waals surface area contributed by atoms with Crippen LogP contribution >= 0.6 is 0 Å². The highest BCUT2D eigenvalue weighted by Crippen LogP contribution is 2.23. The van der Waals surface area contributed by atoms with Crippen molar-refractivity contribution in [2.75, 3.05) is 38.2 Å². The van der Waals surface area contributed by atoms with E-state index < -0.39 is 0 Å². The lowest BCUT2D eigenvalue weighted by Gasteiger charge is -2.35. The summed E-state index contributed by atoms with van der Waals surface area (Å²) in [6.45, 7) is 3.58. The smallest absolute Gasteiger partial charge is 0.126 e. The molecular formula is C18H19FN4O. The highest BCUT2D eigenvalue weighted by Gasteiger charge is 2.23. The van der Waals surface area contributed by atoms with Crippen molar-refractivity contribution in [3.05, 3.63) is 59.5 Å². The van der Waals surface area contributed by atoms with Gasteiger partial charge in [0.15, 0.2) is 0 Å². The Hall–Kier alpha value is -2.49. The van der Waals surface area contributed by atoms with E-state index in [2.05, 4.69) is 15.2 Å². The predicted molar refractivity (Wildman–Crippen MR) is 89.0 cm³/mol. The van der Waals surface area contributed by atoms with Gasteiger partial charge in [-0.15, -0.1) is 0 Å². The highest BCUT2D eigenvalue weighted by molar-refractivity contribution is 5.39. The summed E-state index contributed by atoms with van der Waals surface area (Å²) in [4.78, 5) is 6.51. The number of rotatable bonds is 5. The van der Waals surface area contributed by atoms with Crippen LogP contribution in [-0.2, 0) is 4.74 Å². The Kier molecular flexibility index (Phi) is 5.36. The molecule has 5 nitrogen and oxygen atoms in total. The summed E-state index contributed by atoms with van der Waals surface area (Å²) in [5.41, 5.74) is 1.45. The summed E-state index contributed by atoms with van der Waals surface area (Å²) in [7, 11) is 0. The normalized spacial score (nSPS) is 16.3. The fourth-order valence-electron chi connectivity index (χ4n) is 2.83. The van der Waals surface area contributed by atoms with Gasteiger partial charge < -0.3 is 10.1 Å². The zero-order valence-electron chi connectivity index (χ0n) is 13.3. The molecule has 0 amide bonds. The van der Waals surface area contributed by atoms with E-state index in [4.69, 9.17) is 10.00 Å². The maximum atomic E-state index is 13.6. The third-order valence-electron chi connectivity index (χ3n) is 4.09. The molecule has 1 aromatic heterocycles. The molecule has 1 aliphatic heterocycles. The molecule has 2 aromatic rings. The van der Waals surface area contributed by atoms with Gasteiger partial charge in [-0.25, -0.2) is 9.37 Å². The molecule has 1 atom stereocenters. The van der Waals surface area contributed by atoms with Gasteiger partial charge in [-0.05, 0) is 29.8 Å². The van der Waals surface area contributed by atoms with Crippen LogP contribution in [0.5, 0.6) is 0 Å². The molecule has 0 aliphatic carbocycles. The van der Waals surface area contributed by atoms with Crippen molar-refractivity contribution in [2.45, 2.75) is 6.04 Å². The second-order valence-electron chi connectivity index (χ2n) is 5.64. The second-order valence-corrected chi connectivity index (χ2v) is 5.64. The zero-order chi connectivity index (χ0) is 16.8. The van der Waals surface area contributed by atoms with Crippen LogP contribution in [0, 0.1) is 17.1 Å². The van der Waals surface area contributed by atoms with Crippen LogP contribution < -0.4 is 5.32 Å². The van der Waals surface area contributed by atoms with E-state index >= 15 is 0 Å². The molecule has 0 spiro atoms. The standard InChI is InChI=1S/C18H19FN4O/c19-16-3-1-2-15(10-16)17(23-6-8-24-9-7-23)13-22-18-5-4-14(11-20)12-21-18/h1-5,10,12,17H,6-9,13H2,(H,21,22). The van der Waals surface area contributed by atoms with E-state index in [0.29, 0.717) is 31.1 Å². The molecule has 124 valence electrons. The molecule has 6 heteroatoms. The van der Waals surface area contributed by atoms with Crippen LogP contribution in [0.15, 0.2) is 42.6 Å². The van der Waals surface area contributed by atoms with Crippen molar-refractivity contribution in [1.82, 2.24) is 9.88 Å². The number of aromatic nitrogens is 1. The first-order chi connectivity index (χ1) is 11.8. The molecule has 2 heterocycles. The van der Waals surface area contributed by atoms with Crippen LogP contribution in [0.4, 0.5) is 10.2 Å². The van der Waals surface area contributed by atoms with Gasteiger partial charge in [-0.3, -0.25) is 4.90 Å². The average molecular weight is 326 g/mol. The molecule has 1 unspecified atom stereocenters. The van der Waals surface area contributed by atoms with E-state index in [1.807, 2.05) is 12.1 Å². The van der Waals surface area contributed by atoms with Crippen LogP contribution in [-0.4, -0.2) is 42.7 Å². The summed E-state index contributed by atoms with van der Waals surface area (Å²) in [6.07, 6.45) is 1.54. The van der Waals surface area contributed by atoms with Gasteiger partial charge in [0.25, 0.3) is 0 Å². The van der Waals surface area contributed by atoms with Crippen molar-refractivity contribution in [1.29, 1.82) is 5.26 Å². The highest BCUT2D eigenvalue weighted by atomic mass is 19.1. The lowest BCUT2D eigenvalue weighted by molar-refractivity contribution is 0.0186. The number of hydrogen-bond acceptors (Lipinski definition) is 5. The molecule has 0 bridgehead atoms. The number of nitrogens with zero attached hydrogens (tertiary/aromatic N) is 3. The van der Waals surface area contributed by atoms with E-state index in [-0.39, 0.29) is 11.9 Å². The first-order valence-electron chi connectivity index (χ1n) is 7.93. The Labute approximate surface area is 140 Å². The first-order valence-corrected chi connectivity index (χ1v) is 7.93. The lowest BCUT2D eigenvalue weighted by Crippen LogP contribution is -2.41. The Balaban J connectivity index is 1.75. The van der Waals surface area contributed by atoms with Crippen molar-refractivity contribution in [2.24, 2.45) is 0 Å². The SMILES string of the molecule is N#Cc1ccc(NCC(c2cccc(F)c2)N2CCOCC2)nc1. The van der Waals surface area contributed by atoms with Crippen molar-refractivity contribution in [3.63, 3.8) is 0 Å². The summed E-state index contributed by atoms with van der Waals surface area (Å²) < 4.78 is 19.1. The van der Waals surface area contributed by atoms with E-state index in [0.717, 1.165) is 18.7 Å². The fourth-order valence-corrected chi connectivity index (χ4v) is 2.83. The number of anilines is 1. The topological polar surface area (TPSA) is 61.2 Å². The second kappa shape index (κ2) is 7.86. The summed E-state index contributed by atoms with van der Waals surface area (Å²) in [5, 5.41) is 12.1. The zero-order valence-corrected chi connectivity index (χ0v) is 13.3. The molecule has 3 rings (SSSR count). The van der Waals surface area contributed by atoms with Crippen LogP contribution in [0.1, 0.15) is 17.2 Å². The van der Waals surface area contributed by atoms with Crippen molar-refractivity contribution in [3.8, 4) is 6.07 Å². The van der Waals surface area contributed by atoms with Gasteiger partial charge in [0.05, 0.1) is 24.8 Å². The van der Waals surface area contributed by atoms with Crippen LogP contribution in [0.3, 0.4) is 0 Å². The van der Waals surface area contributed by atoms with E-state index in [1.54, 1.807) is 24.3 Å². The number of morpholine rings is 1. The van der Waals surface area contributed by atoms with Gasteiger partial charge in [0.2, 0.25) is 0 Å². The predicted octanol–water partition coefficient (Wildman–Crippen LogP) is 2.58. The molecule has 0 radical (unpaired) electrons. The number of ether oxygens (including phenoxy) is 1. The molecule has 0 saturated carbocycles. The summed E-state index contributed by atoms with van der Waals surface area (Å²) in [5.74, 6) is 0.464. The largest absolute Gasteiger partial charge is 0.379 e. The van der Waals surface area contributed by atoms with Gasteiger partial charge >= 0.3 is 0 Å². The molecule has 1 N–H and O–H groups in total. The quantitative estimate of drug-likeness (QED) is 0.915. The number of pyridine rings is 1. The van der Waals surface area contributed by atoms with E-state index in [9.17, 15) is 4.39 Å². The van der Waals surface area contributed by atoms with Crippen LogP contribution in [0.2, 0.25) is 0 Å². The maximum Gasteiger partial charge on any atom is 0.126 e.